The molecule has 0 bridgehead atoms. The fourth-order valence-corrected chi connectivity index (χ4v) is 3.52. The first-order valence-corrected chi connectivity index (χ1v) is 10.3. The van der Waals surface area contributed by atoms with Gasteiger partial charge in [-0.2, -0.15) is 9.61 Å². The zero-order valence-corrected chi connectivity index (χ0v) is 18.1. The Labute approximate surface area is 181 Å². The maximum atomic E-state index is 13.8. The fraction of sp³-hybridized carbons (Fsp3) is 0.292. The first-order valence-electron chi connectivity index (χ1n) is 10.3. The second kappa shape index (κ2) is 8.71. The van der Waals surface area contributed by atoms with Gasteiger partial charge in [-0.1, -0.05) is 32.9 Å². The molecule has 1 aromatic carbocycles. The Morgan fingerprint density at radius 3 is 2.52 bits per heavy atom. The van der Waals surface area contributed by atoms with Gasteiger partial charge in [0.1, 0.15) is 17.4 Å². The van der Waals surface area contributed by atoms with E-state index in [-0.39, 0.29) is 17.7 Å². The molecule has 4 aromatic rings. The summed E-state index contributed by atoms with van der Waals surface area (Å²) in [6.07, 6.45) is 4.66. The Morgan fingerprint density at radius 2 is 1.84 bits per heavy atom. The molecule has 3 heterocycles. The van der Waals surface area contributed by atoms with Crippen LogP contribution in [0.4, 0.5) is 10.2 Å². The number of fused-ring (bicyclic) bond motifs is 1. The second-order valence-electron chi connectivity index (χ2n) is 7.96. The van der Waals surface area contributed by atoms with Crippen LogP contribution in [0, 0.1) is 5.82 Å². The number of ether oxygens (including phenoxy) is 1. The van der Waals surface area contributed by atoms with Crippen LogP contribution in [-0.2, 0) is 0 Å². The van der Waals surface area contributed by atoms with E-state index in [1.165, 1.54) is 17.8 Å². The summed E-state index contributed by atoms with van der Waals surface area (Å²) in [5, 5.41) is 8.06. The molecule has 7 heteroatoms. The number of hydrogen-bond acceptors (Lipinski definition) is 5. The van der Waals surface area contributed by atoms with Gasteiger partial charge < -0.3 is 10.1 Å². The number of aromatic nitrogens is 4. The molecular formula is C24H26FN5O. The Kier molecular flexibility index (Phi) is 5.84. The zero-order chi connectivity index (χ0) is 22.0. The van der Waals surface area contributed by atoms with Crippen molar-refractivity contribution in [2.75, 3.05) is 19.0 Å². The quantitative estimate of drug-likeness (QED) is 0.442. The third-order valence-corrected chi connectivity index (χ3v) is 5.40. The van der Waals surface area contributed by atoms with Crippen molar-refractivity contribution < 1.29 is 9.13 Å². The Morgan fingerprint density at radius 1 is 1.06 bits per heavy atom. The second-order valence-corrected chi connectivity index (χ2v) is 7.96. The van der Waals surface area contributed by atoms with Crippen LogP contribution in [-0.4, -0.2) is 33.2 Å². The molecule has 3 aromatic heterocycles. The van der Waals surface area contributed by atoms with Crippen LogP contribution in [0.5, 0.6) is 5.75 Å². The number of nitrogens with one attached hydrogen (secondary N) is 1. The van der Waals surface area contributed by atoms with Crippen LogP contribution in [0.2, 0.25) is 0 Å². The van der Waals surface area contributed by atoms with Gasteiger partial charge in [-0.3, -0.25) is 4.98 Å². The van der Waals surface area contributed by atoms with Crippen LogP contribution >= 0.6 is 0 Å². The lowest BCUT2D eigenvalue weighted by Gasteiger charge is -2.16. The van der Waals surface area contributed by atoms with Gasteiger partial charge in [-0.15, -0.1) is 0 Å². The van der Waals surface area contributed by atoms with E-state index < -0.39 is 0 Å². The number of hydrogen-bond donors (Lipinski definition) is 1. The van der Waals surface area contributed by atoms with Gasteiger partial charge in [-0.25, -0.2) is 9.37 Å². The van der Waals surface area contributed by atoms with E-state index in [4.69, 9.17) is 9.72 Å². The summed E-state index contributed by atoms with van der Waals surface area (Å²) >= 11 is 0. The predicted molar refractivity (Wildman–Crippen MR) is 120 cm³/mol. The van der Waals surface area contributed by atoms with Gasteiger partial charge in [0.05, 0.1) is 25.2 Å². The number of rotatable bonds is 7. The molecule has 0 aliphatic carbocycles. The Hall–Kier alpha value is -3.48. The third kappa shape index (κ3) is 4.35. The summed E-state index contributed by atoms with van der Waals surface area (Å²) in [4.78, 5) is 8.75. The van der Waals surface area contributed by atoms with E-state index in [1.54, 1.807) is 13.3 Å². The molecule has 1 atom stereocenters. The van der Waals surface area contributed by atoms with E-state index >= 15 is 0 Å². The molecule has 160 valence electrons. The smallest absolute Gasteiger partial charge is 0.161 e. The van der Waals surface area contributed by atoms with E-state index in [9.17, 15) is 4.39 Å². The van der Waals surface area contributed by atoms with Crippen LogP contribution in [0.3, 0.4) is 0 Å². The number of methoxy groups -OCH3 is 1. The Balaban J connectivity index is 1.68. The molecule has 1 unspecified atom stereocenters. The van der Waals surface area contributed by atoms with Crippen LogP contribution < -0.4 is 10.1 Å². The van der Waals surface area contributed by atoms with Crippen molar-refractivity contribution >= 4 is 11.5 Å². The average molecular weight is 420 g/mol. The molecule has 6 nitrogen and oxygen atoms in total. The van der Waals surface area contributed by atoms with Crippen molar-refractivity contribution in [1.29, 1.82) is 0 Å². The molecule has 0 aliphatic heterocycles. The van der Waals surface area contributed by atoms with Gasteiger partial charge in [0.25, 0.3) is 0 Å². The number of nitrogens with zero attached hydrogens (tertiary/aromatic N) is 4. The van der Waals surface area contributed by atoms with Crippen molar-refractivity contribution in [2.24, 2.45) is 0 Å². The molecule has 4 rings (SSSR count). The summed E-state index contributed by atoms with van der Waals surface area (Å²) in [6.45, 7) is 7.07. The standard InChI is InChI=1S/C24H26FN5O/c1-15(2)21-14-28-30-23(27-11-16(3)17-5-7-20(31-4)8-6-17)10-22(29-24(21)30)18-9-19(25)13-26-12-18/h5-10,12-16,27H,11H2,1-4H3. The van der Waals surface area contributed by atoms with Crippen molar-refractivity contribution in [1.82, 2.24) is 19.6 Å². The van der Waals surface area contributed by atoms with Crippen molar-refractivity contribution in [3.05, 3.63) is 71.9 Å². The van der Waals surface area contributed by atoms with Gasteiger partial charge >= 0.3 is 0 Å². The SMILES string of the molecule is COc1ccc(C(C)CNc2cc(-c3cncc(F)c3)nc3c(C(C)C)cnn23)cc1. The van der Waals surface area contributed by atoms with Crippen LogP contribution in [0.1, 0.15) is 43.7 Å². The van der Waals surface area contributed by atoms with Crippen molar-refractivity contribution in [2.45, 2.75) is 32.6 Å². The van der Waals surface area contributed by atoms with E-state index in [2.05, 4.69) is 48.3 Å². The molecule has 0 saturated heterocycles. The average Bonchev–Trinajstić information content (AvgIpc) is 3.22. The van der Waals surface area contributed by atoms with Crippen molar-refractivity contribution in [3.8, 4) is 17.0 Å². The van der Waals surface area contributed by atoms with E-state index in [0.717, 1.165) is 22.8 Å². The molecule has 0 spiro atoms. The lowest BCUT2D eigenvalue weighted by Crippen LogP contribution is -2.13. The molecule has 1 N–H and O–H groups in total. The molecule has 0 aliphatic rings. The minimum Gasteiger partial charge on any atom is -0.497 e. The fourth-order valence-electron chi connectivity index (χ4n) is 3.52. The summed E-state index contributed by atoms with van der Waals surface area (Å²) in [5.74, 6) is 1.77. The zero-order valence-electron chi connectivity index (χ0n) is 18.1. The molecule has 0 fully saturated rings. The highest BCUT2D eigenvalue weighted by atomic mass is 19.1. The minimum atomic E-state index is -0.389. The highest BCUT2D eigenvalue weighted by Crippen LogP contribution is 2.27. The minimum absolute atomic E-state index is 0.258. The molecule has 0 saturated carbocycles. The predicted octanol–water partition coefficient (Wildman–Crippen LogP) is 5.28. The maximum absolute atomic E-state index is 13.8. The first-order chi connectivity index (χ1) is 15.0. The van der Waals surface area contributed by atoms with E-state index in [1.807, 2.05) is 28.9 Å². The Bertz CT molecular complexity index is 1190. The summed E-state index contributed by atoms with van der Waals surface area (Å²) < 4.78 is 20.8. The first kappa shape index (κ1) is 20.8. The normalized spacial score (nSPS) is 12.3. The number of pyridine rings is 1. The molecule has 31 heavy (non-hydrogen) atoms. The molecular weight excluding hydrogens is 393 g/mol. The topological polar surface area (TPSA) is 64.3 Å². The highest BCUT2D eigenvalue weighted by Gasteiger charge is 2.16. The van der Waals surface area contributed by atoms with Gasteiger partial charge in [0.2, 0.25) is 0 Å². The van der Waals surface area contributed by atoms with Gasteiger partial charge in [0, 0.05) is 29.9 Å². The van der Waals surface area contributed by atoms with E-state index in [0.29, 0.717) is 17.8 Å². The van der Waals surface area contributed by atoms with Crippen LogP contribution in [0.25, 0.3) is 16.9 Å². The third-order valence-electron chi connectivity index (χ3n) is 5.40. The number of anilines is 1. The van der Waals surface area contributed by atoms with Crippen LogP contribution in [0.15, 0.2) is 55.0 Å². The molecule has 0 amide bonds. The van der Waals surface area contributed by atoms with Gasteiger partial charge in [0.15, 0.2) is 5.65 Å². The molecule has 0 radical (unpaired) electrons. The lowest BCUT2D eigenvalue weighted by atomic mass is 10.0. The lowest BCUT2D eigenvalue weighted by molar-refractivity contribution is 0.414. The monoisotopic (exact) mass is 419 g/mol. The summed E-state index contributed by atoms with van der Waals surface area (Å²) in [5.41, 5.74) is 4.29. The highest BCUT2D eigenvalue weighted by molar-refractivity contribution is 5.67. The number of benzene rings is 1. The summed E-state index contributed by atoms with van der Waals surface area (Å²) in [7, 11) is 1.66. The largest absolute Gasteiger partial charge is 0.497 e. The van der Waals surface area contributed by atoms with Crippen molar-refractivity contribution in [3.63, 3.8) is 0 Å². The number of halogens is 1. The summed E-state index contributed by atoms with van der Waals surface area (Å²) in [6, 6.07) is 11.4. The maximum Gasteiger partial charge on any atom is 0.161 e. The van der Waals surface area contributed by atoms with Gasteiger partial charge in [-0.05, 0) is 35.6 Å².